The van der Waals surface area contributed by atoms with Gasteiger partial charge in [-0.1, -0.05) is 13.8 Å². The number of rotatable bonds is 4. The Bertz CT molecular complexity index is 184. The Kier molecular flexibility index (Phi) is 3.51. The van der Waals surface area contributed by atoms with E-state index in [1.54, 1.807) is 13.8 Å². The molecule has 0 radical (unpaired) electrons. The van der Waals surface area contributed by atoms with Crippen LogP contribution >= 0.6 is 0 Å². The highest BCUT2D eigenvalue weighted by Gasteiger charge is 2.49. The van der Waals surface area contributed by atoms with Crippen LogP contribution in [-0.2, 0) is 4.74 Å². The molecule has 1 nitrogen and oxygen atoms in total. The lowest BCUT2D eigenvalue weighted by atomic mass is 9.69. The molecule has 0 aromatic rings. The second kappa shape index (κ2) is 4.13. The summed E-state index contributed by atoms with van der Waals surface area (Å²) >= 11 is 0. The molecule has 84 valence electrons. The van der Waals surface area contributed by atoms with Gasteiger partial charge in [0.25, 0.3) is 0 Å². The maximum absolute atomic E-state index is 13.3. The molecule has 1 rings (SSSR count). The lowest BCUT2D eigenvalue weighted by Gasteiger charge is -2.42. The molecule has 0 aliphatic heterocycles. The minimum Gasteiger partial charge on any atom is -0.318 e. The third kappa shape index (κ3) is 2.66. The number of ether oxygens (including phenoxy) is 1. The molecule has 0 aromatic heterocycles. The highest BCUT2D eigenvalue weighted by molar-refractivity contribution is 4.86. The molecule has 14 heavy (non-hydrogen) atoms. The Morgan fingerprint density at radius 1 is 1.14 bits per heavy atom. The number of hydrogen-bond acceptors (Lipinski definition) is 1. The second-order valence-corrected chi connectivity index (χ2v) is 4.90. The molecular formula is C11H20F2O. The van der Waals surface area contributed by atoms with Crippen molar-refractivity contribution < 1.29 is 13.5 Å². The molecule has 0 saturated heterocycles. The first-order valence-corrected chi connectivity index (χ1v) is 5.38. The zero-order chi connectivity index (χ0) is 10.9. The van der Waals surface area contributed by atoms with Gasteiger partial charge in [-0.2, -0.15) is 8.78 Å². The van der Waals surface area contributed by atoms with E-state index in [4.69, 9.17) is 0 Å². The predicted octanol–water partition coefficient (Wildman–Crippen LogP) is 3.69. The van der Waals surface area contributed by atoms with E-state index < -0.39 is 18.1 Å². The van der Waals surface area contributed by atoms with Crippen LogP contribution in [0.5, 0.6) is 0 Å². The van der Waals surface area contributed by atoms with Gasteiger partial charge >= 0.3 is 6.11 Å². The normalized spacial score (nSPS) is 28.3. The van der Waals surface area contributed by atoms with Crippen LogP contribution in [0.3, 0.4) is 0 Å². The van der Waals surface area contributed by atoms with E-state index in [1.807, 2.05) is 0 Å². The van der Waals surface area contributed by atoms with Crippen LogP contribution in [0.15, 0.2) is 0 Å². The van der Waals surface area contributed by atoms with Gasteiger partial charge in [0.15, 0.2) is 0 Å². The Labute approximate surface area is 84.8 Å². The highest BCUT2D eigenvalue weighted by Crippen LogP contribution is 2.47. The largest absolute Gasteiger partial charge is 0.358 e. The van der Waals surface area contributed by atoms with E-state index >= 15 is 0 Å². The molecule has 0 N–H and O–H groups in total. The maximum atomic E-state index is 13.3. The fourth-order valence-electron chi connectivity index (χ4n) is 1.89. The summed E-state index contributed by atoms with van der Waals surface area (Å²) < 4.78 is 31.3. The average molecular weight is 206 g/mol. The van der Waals surface area contributed by atoms with Crippen LogP contribution < -0.4 is 0 Å². The number of hydrogen-bond donors (Lipinski definition) is 0. The Morgan fingerprint density at radius 3 is 2.00 bits per heavy atom. The minimum atomic E-state index is -2.92. The van der Waals surface area contributed by atoms with Crippen LogP contribution in [0.1, 0.15) is 40.5 Å². The summed E-state index contributed by atoms with van der Waals surface area (Å²) in [6.07, 6.45) is -2.10. The van der Waals surface area contributed by atoms with Gasteiger partial charge in [-0.25, -0.2) is 0 Å². The van der Waals surface area contributed by atoms with Gasteiger partial charge < -0.3 is 4.74 Å². The van der Waals surface area contributed by atoms with E-state index in [-0.39, 0.29) is 0 Å². The predicted molar refractivity (Wildman–Crippen MR) is 52.2 cm³/mol. The first kappa shape index (κ1) is 11.9. The first-order chi connectivity index (χ1) is 6.33. The van der Waals surface area contributed by atoms with Gasteiger partial charge in [-0.05, 0) is 38.5 Å². The summed E-state index contributed by atoms with van der Waals surface area (Å²) in [6, 6.07) is 0. The van der Waals surface area contributed by atoms with E-state index in [9.17, 15) is 8.78 Å². The molecule has 0 aromatic carbocycles. The monoisotopic (exact) mass is 206 g/mol. The molecule has 0 unspecified atom stereocenters. The molecule has 0 bridgehead atoms. The van der Waals surface area contributed by atoms with Gasteiger partial charge in [0.05, 0.1) is 12.0 Å². The Morgan fingerprint density at radius 2 is 1.64 bits per heavy atom. The molecule has 1 aliphatic carbocycles. The van der Waals surface area contributed by atoms with E-state index in [1.165, 1.54) is 0 Å². The molecule has 1 fully saturated rings. The van der Waals surface area contributed by atoms with Crippen LogP contribution in [0.4, 0.5) is 8.78 Å². The van der Waals surface area contributed by atoms with E-state index in [0.29, 0.717) is 24.7 Å². The second-order valence-electron chi connectivity index (χ2n) is 4.90. The minimum absolute atomic E-state index is 0.400. The molecule has 0 heterocycles. The topological polar surface area (TPSA) is 9.23 Å². The van der Waals surface area contributed by atoms with Crippen LogP contribution in [-0.4, -0.2) is 12.2 Å². The standard InChI is InChI=1S/C11H20F2O/c1-7(2)9-5-10(6-9)11(12,13)14-8(3)4/h7-10H,5-6H2,1-4H3. The SMILES string of the molecule is CC(C)OC(F)(F)C1CC(C(C)C)C1. The molecule has 0 spiro atoms. The smallest absolute Gasteiger partial charge is 0.318 e. The lowest BCUT2D eigenvalue weighted by molar-refractivity contribution is -0.306. The summed E-state index contributed by atoms with van der Waals surface area (Å²) in [5.41, 5.74) is 0. The van der Waals surface area contributed by atoms with Crippen molar-refractivity contribution in [3.8, 4) is 0 Å². The first-order valence-electron chi connectivity index (χ1n) is 5.38. The Balaban J connectivity index is 2.37. The quantitative estimate of drug-likeness (QED) is 0.681. The van der Waals surface area contributed by atoms with Gasteiger partial charge in [0.2, 0.25) is 0 Å². The summed E-state index contributed by atoms with van der Waals surface area (Å²) in [4.78, 5) is 0. The van der Waals surface area contributed by atoms with E-state index in [0.717, 1.165) is 0 Å². The van der Waals surface area contributed by atoms with Crippen molar-refractivity contribution in [3.05, 3.63) is 0 Å². The molecular weight excluding hydrogens is 186 g/mol. The molecule has 0 atom stereocenters. The lowest BCUT2D eigenvalue weighted by Crippen LogP contribution is -2.43. The van der Waals surface area contributed by atoms with Crippen LogP contribution in [0.2, 0.25) is 0 Å². The van der Waals surface area contributed by atoms with Crippen molar-refractivity contribution in [2.75, 3.05) is 0 Å². The van der Waals surface area contributed by atoms with Crippen molar-refractivity contribution in [3.63, 3.8) is 0 Å². The van der Waals surface area contributed by atoms with Gasteiger partial charge in [0.1, 0.15) is 0 Å². The van der Waals surface area contributed by atoms with Crippen LogP contribution in [0.25, 0.3) is 0 Å². The van der Waals surface area contributed by atoms with Crippen molar-refractivity contribution >= 4 is 0 Å². The van der Waals surface area contributed by atoms with Gasteiger partial charge in [-0.15, -0.1) is 0 Å². The summed E-state index contributed by atoms with van der Waals surface area (Å²) in [5.74, 6) is 0.417. The van der Waals surface area contributed by atoms with Crippen molar-refractivity contribution in [1.29, 1.82) is 0 Å². The number of alkyl halides is 2. The maximum Gasteiger partial charge on any atom is 0.358 e. The van der Waals surface area contributed by atoms with Gasteiger partial charge in [0, 0.05) is 0 Å². The summed E-state index contributed by atoms with van der Waals surface area (Å²) in [5, 5.41) is 0. The molecule has 1 aliphatic rings. The average Bonchev–Trinajstić information content (AvgIpc) is 1.75. The fraction of sp³-hybridized carbons (Fsp3) is 1.00. The van der Waals surface area contributed by atoms with Crippen molar-refractivity contribution in [2.45, 2.75) is 52.7 Å². The van der Waals surface area contributed by atoms with Crippen molar-refractivity contribution in [2.24, 2.45) is 17.8 Å². The van der Waals surface area contributed by atoms with Gasteiger partial charge in [-0.3, -0.25) is 0 Å². The highest BCUT2D eigenvalue weighted by atomic mass is 19.3. The zero-order valence-electron chi connectivity index (χ0n) is 9.39. The molecule has 3 heteroatoms. The zero-order valence-corrected chi connectivity index (χ0v) is 9.39. The molecule has 0 amide bonds. The van der Waals surface area contributed by atoms with Crippen molar-refractivity contribution in [1.82, 2.24) is 0 Å². The Hall–Kier alpha value is -0.180. The summed E-state index contributed by atoms with van der Waals surface area (Å²) in [6.45, 7) is 7.46. The van der Waals surface area contributed by atoms with Crippen LogP contribution in [0, 0.1) is 17.8 Å². The fourth-order valence-corrected chi connectivity index (χ4v) is 1.89. The third-order valence-corrected chi connectivity index (χ3v) is 2.99. The summed E-state index contributed by atoms with van der Waals surface area (Å²) in [7, 11) is 0. The third-order valence-electron chi connectivity index (χ3n) is 2.99. The molecule has 1 saturated carbocycles. The number of halogens is 2. The van der Waals surface area contributed by atoms with E-state index in [2.05, 4.69) is 18.6 Å².